The Labute approximate surface area is 114 Å². The van der Waals surface area contributed by atoms with Gasteiger partial charge in [-0.2, -0.15) is 0 Å². The number of ketones is 1. The van der Waals surface area contributed by atoms with E-state index in [1.54, 1.807) is 13.8 Å². The van der Waals surface area contributed by atoms with Crippen LogP contribution in [0.25, 0.3) is 0 Å². The third-order valence-corrected chi connectivity index (χ3v) is 3.23. The van der Waals surface area contributed by atoms with Crippen molar-refractivity contribution in [3.8, 4) is 5.75 Å². The summed E-state index contributed by atoms with van der Waals surface area (Å²) in [5.74, 6) is -1.19. The second-order valence-corrected chi connectivity index (χ2v) is 4.61. The van der Waals surface area contributed by atoms with Crippen molar-refractivity contribution in [2.45, 2.75) is 20.8 Å². The van der Waals surface area contributed by atoms with Crippen LogP contribution in [-0.2, 0) is 9.53 Å². The van der Waals surface area contributed by atoms with Crippen LogP contribution in [0.4, 0.5) is 0 Å². The second kappa shape index (κ2) is 6.00. The van der Waals surface area contributed by atoms with Crippen molar-refractivity contribution >= 4 is 27.7 Å². The van der Waals surface area contributed by atoms with Gasteiger partial charge in [-0.25, -0.2) is 4.79 Å². The number of carbonyl (C=O) groups is 2. The molecule has 0 unspecified atom stereocenters. The summed E-state index contributed by atoms with van der Waals surface area (Å²) in [5, 5.41) is 0. The Morgan fingerprint density at radius 3 is 2.44 bits per heavy atom. The number of carbonyl (C=O) groups excluding carboxylic acids is 2. The largest absolute Gasteiger partial charge is 0.495 e. The Morgan fingerprint density at radius 2 is 1.94 bits per heavy atom. The number of rotatable bonds is 4. The van der Waals surface area contributed by atoms with Crippen LogP contribution in [0.3, 0.4) is 0 Å². The summed E-state index contributed by atoms with van der Waals surface area (Å²) in [5.41, 5.74) is 1.87. The molecule has 0 N–H and O–H groups in total. The van der Waals surface area contributed by atoms with E-state index in [4.69, 9.17) is 9.47 Å². The van der Waals surface area contributed by atoms with E-state index in [2.05, 4.69) is 15.9 Å². The number of halogens is 1. The Hall–Kier alpha value is -1.36. The predicted octanol–water partition coefficient (Wildman–Crippen LogP) is 2.82. The van der Waals surface area contributed by atoms with Crippen LogP contribution in [0, 0.1) is 13.8 Å². The average molecular weight is 315 g/mol. The van der Waals surface area contributed by atoms with E-state index in [1.807, 2.05) is 13.0 Å². The first-order chi connectivity index (χ1) is 8.43. The quantitative estimate of drug-likeness (QED) is 0.487. The Bertz CT molecular complexity index is 494. The summed E-state index contributed by atoms with van der Waals surface area (Å²) in [4.78, 5) is 23.6. The van der Waals surface area contributed by atoms with Gasteiger partial charge < -0.3 is 9.47 Å². The van der Waals surface area contributed by atoms with Crippen molar-refractivity contribution in [3.05, 3.63) is 27.2 Å². The minimum Gasteiger partial charge on any atom is -0.495 e. The zero-order chi connectivity index (χ0) is 13.9. The fourth-order valence-corrected chi connectivity index (χ4v) is 2.33. The highest BCUT2D eigenvalue weighted by atomic mass is 79.9. The van der Waals surface area contributed by atoms with Gasteiger partial charge in [-0.1, -0.05) is 0 Å². The van der Waals surface area contributed by atoms with Crippen LogP contribution >= 0.6 is 15.9 Å². The molecule has 1 aromatic carbocycles. The molecular weight excluding hydrogens is 300 g/mol. The summed E-state index contributed by atoms with van der Waals surface area (Å²) in [7, 11) is 1.46. The van der Waals surface area contributed by atoms with Crippen molar-refractivity contribution in [2.75, 3.05) is 13.7 Å². The highest BCUT2D eigenvalue weighted by molar-refractivity contribution is 9.10. The second-order valence-electron chi connectivity index (χ2n) is 3.76. The first kappa shape index (κ1) is 14.7. The Morgan fingerprint density at radius 1 is 1.33 bits per heavy atom. The molecule has 0 heterocycles. The standard InChI is InChI=1S/C13H15BrO4/c1-5-18-13(16)11(15)10-8(3)7(2)6-9(14)12(10)17-4/h6H,5H2,1-4H3. The number of benzene rings is 1. The van der Waals surface area contributed by atoms with Crippen molar-refractivity contribution in [1.82, 2.24) is 0 Å². The number of aryl methyl sites for hydroxylation is 1. The lowest BCUT2D eigenvalue weighted by molar-refractivity contribution is -0.137. The van der Waals surface area contributed by atoms with E-state index in [1.165, 1.54) is 7.11 Å². The van der Waals surface area contributed by atoms with Gasteiger partial charge in [0, 0.05) is 0 Å². The van der Waals surface area contributed by atoms with Gasteiger partial charge in [-0.15, -0.1) is 0 Å². The van der Waals surface area contributed by atoms with Gasteiger partial charge in [0.2, 0.25) is 0 Å². The SMILES string of the molecule is CCOC(=O)C(=O)c1c(C)c(C)cc(Br)c1OC. The van der Waals surface area contributed by atoms with E-state index >= 15 is 0 Å². The fraction of sp³-hybridized carbons (Fsp3) is 0.385. The molecule has 1 rings (SSSR count). The summed E-state index contributed by atoms with van der Waals surface area (Å²) in [6.07, 6.45) is 0. The number of Topliss-reactive ketones (excluding diaryl/α,β-unsaturated/α-hetero) is 1. The molecule has 4 nitrogen and oxygen atoms in total. The molecule has 0 saturated carbocycles. The predicted molar refractivity (Wildman–Crippen MR) is 71.1 cm³/mol. The summed E-state index contributed by atoms with van der Waals surface area (Å²) in [6.45, 7) is 5.46. The third kappa shape index (κ3) is 2.72. The van der Waals surface area contributed by atoms with Gasteiger partial charge in [-0.05, 0) is 53.9 Å². The smallest absolute Gasteiger partial charge is 0.379 e. The number of ether oxygens (including phenoxy) is 2. The van der Waals surface area contributed by atoms with Crippen LogP contribution in [0.5, 0.6) is 5.75 Å². The molecule has 0 aliphatic heterocycles. The van der Waals surface area contributed by atoms with Crippen molar-refractivity contribution in [3.63, 3.8) is 0 Å². The molecule has 5 heteroatoms. The highest BCUT2D eigenvalue weighted by Gasteiger charge is 2.26. The van der Waals surface area contributed by atoms with Gasteiger partial charge >= 0.3 is 5.97 Å². The molecule has 0 spiro atoms. The van der Waals surface area contributed by atoms with Crippen LogP contribution in [0.15, 0.2) is 10.5 Å². The zero-order valence-electron chi connectivity index (χ0n) is 10.8. The molecule has 0 amide bonds. The lowest BCUT2D eigenvalue weighted by Crippen LogP contribution is -2.20. The molecule has 0 aliphatic carbocycles. The number of hydrogen-bond acceptors (Lipinski definition) is 4. The normalized spacial score (nSPS) is 10.1. The van der Waals surface area contributed by atoms with Crippen LogP contribution in [0.2, 0.25) is 0 Å². The van der Waals surface area contributed by atoms with Gasteiger partial charge in [0.05, 0.1) is 23.8 Å². The molecule has 0 fully saturated rings. The molecule has 1 aromatic rings. The Balaban J connectivity index is 3.38. The maximum absolute atomic E-state index is 12.1. The van der Waals surface area contributed by atoms with Crippen molar-refractivity contribution in [2.24, 2.45) is 0 Å². The van der Waals surface area contributed by atoms with Crippen LogP contribution in [0.1, 0.15) is 28.4 Å². The minimum atomic E-state index is -0.864. The lowest BCUT2D eigenvalue weighted by atomic mass is 9.99. The summed E-state index contributed by atoms with van der Waals surface area (Å²) < 4.78 is 10.6. The molecule has 0 aliphatic rings. The molecule has 0 saturated heterocycles. The van der Waals surface area contributed by atoms with Crippen molar-refractivity contribution < 1.29 is 19.1 Å². The zero-order valence-corrected chi connectivity index (χ0v) is 12.4. The molecule has 0 radical (unpaired) electrons. The number of methoxy groups -OCH3 is 1. The van der Waals surface area contributed by atoms with Gasteiger partial charge in [0.25, 0.3) is 5.78 Å². The molecule has 98 valence electrons. The topological polar surface area (TPSA) is 52.6 Å². The van der Waals surface area contributed by atoms with Crippen LogP contribution in [-0.4, -0.2) is 25.5 Å². The van der Waals surface area contributed by atoms with E-state index < -0.39 is 11.8 Å². The first-order valence-corrected chi connectivity index (χ1v) is 6.28. The fourth-order valence-electron chi connectivity index (χ4n) is 1.62. The molecule has 0 aromatic heterocycles. The third-order valence-electron chi connectivity index (χ3n) is 2.65. The van der Waals surface area contributed by atoms with E-state index in [9.17, 15) is 9.59 Å². The van der Waals surface area contributed by atoms with E-state index in [0.29, 0.717) is 15.8 Å². The molecule has 0 atom stereocenters. The minimum absolute atomic E-state index is 0.166. The molecular formula is C13H15BrO4. The Kier molecular flexibility index (Phi) is 4.90. The van der Waals surface area contributed by atoms with Gasteiger partial charge in [0.1, 0.15) is 5.75 Å². The summed E-state index contributed by atoms with van der Waals surface area (Å²) in [6, 6.07) is 1.84. The lowest BCUT2D eigenvalue weighted by Gasteiger charge is -2.14. The van der Waals surface area contributed by atoms with Gasteiger partial charge in [0.15, 0.2) is 0 Å². The number of esters is 1. The first-order valence-electron chi connectivity index (χ1n) is 5.49. The van der Waals surface area contributed by atoms with Crippen LogP contribution < -0.4 is 4.74 Å². The average Bonchev–Trinajstić information content (AvgIpc) is 2.32. The van der Waals surface area contributed by atoms with E-state index in [0.717, 1.165) is 5.56 Å². The van der Waals surface area contributed by atoms with Gasteiger partial charge in [-0.3, -0.25) is 4.79 Å². The van der Waals surface area contributed by atoms with E-state index in [-0.39, 0.29) is 12.2 Å². The summed E-state index contributed by atoms with van der Waals surface area (Å²) >= 11 is 3.32. The maximum Gasteiger partial charge on any atom is 0.379 e. The monoisotopic (exact) mass is 314 g/mol. The maximum atomic E-state index is 12.1. The molecule has 0 bridgehead atoms. The highest BCUT2D eigenvalue weighted by Crippen LogP contribution is 2.34. The number of hydrogen-bond donors (Lipinski definition) is 0. The molecule has 18 heavy (non-hydrogen) atoms. The van der Waals surface area contributed by atoms with Crippen molar-refractivity contribution in [1.29, 1.82) is 0 Å².